The summed E-state index contributed by atoms with van der Waals surface area (Å²) < 4.78 is 0. The molecule has 0 aliphatic carbocycles. The van der Waals surface area contributed by atoms with E-state index in [1.807, 2.05) is 50.3 Å². The molecule has 0 aliphatic rings. The van der Waals surface area contributed by atoms with Gasteiger partial charge in [0.05, 0.1) is 0 Å². The maximum Gasteiger partial charge on any atom is 0.0381 e. The van der Waals surface area contributed by atoms with Gasteiger partial charge in [-0.05, 0) is 32.1 Å². The van der Waals surface area contributed by atoms with Crippen LogP contribution in [0, 0.1) is 0 Å². The van der Waals surface area contributed by atoms with Crippen molar-refractivity contribution in [3.63, 3.8) is 0 Å². The largest absolute Gasteiger partial charge is 0.359 e. The summed E-state index contributed by atoms with van der Waals surface area (Å²) in [5, 5.41) is 3.25. The van der Waals surface area contributed by atoms with E-state index in [1.54, 1.807) is 0 Å². The van der Waals surface area contributed by atoms with Crippen LogP contribution in [0.2, 0.25) is 0 Å². The van der Waals surface area contributed by atoms with Gasteiger partial charge in [0.1, 0.15) is 0 Å². The third-order valence-electron chi connectivity index (χ3n) is 1.54. The molecular formula is C11H13NS. The molecule has 1 aromatic rings. The number of benzene rings is 1. The van der Waals surface area contributed by atoms with Crippen molar-refractivity contribution >= 4 is 22.8 Å². The smallest absolute Gasteiger partial charge is 0.0381 e. The average Bonchev–Trinajstić information content (AvgIpc) is 2.04. The SMILES string of the molecule is CC(=S)/C=C(\C)Nc1ccccc1. The molecule has 0 spiro atoms. The van der Waals surface area contributed by atoms with Crippen LogP contribution in [0.3, 0.4) is 0 Å². The first-order valence-corrected chi connectivity index (χ1v) is 4.60. The molecule has 0 atom stereocenters. The van der Waals surface area contributed by atoms with Crippen LogP contribution >= 0.6 is 12.2 Å². The van der Waals surface area contributed by atoms with Crippen LogP contribution in [0.4, 0.5) is 5.69 Å². The zero-order chi connectivity index (χ0) is 9.68. The molecule has 1 aromatic carbocycles. The minimum atomic E-state index is 0.890. The molecule has 68 valence electrons. The van der Waals surface area contributed by atoms with Gasteiger partial charge in [-0.1, -0.05) is 30.4 Å². The molecule has 0 heterocycles. The Kier molecular flexibility index (Phi) is 3.65. The maximum atomic E-state index is 4.97. The lowest BCUT2D eigenvalue weighted by Gasteiger charge is -2.05. The fourth-order valence-corrected chi connectivity index (χ4v) is 1.27. The summed E-state index contributed by atoms with van der Waals surface area (Å²) >= 11 is 4.97. The fourth-order valence-electron chi connectivity index (χ4n) is 1.09. The van der Waals surface area contributed by atoms with Crippen molar-refractivity contribution in [3.8, 4) is 0 Å². The van der Waals surface area contributed by atoms with Crippen LogP contribution in [0.5, 0.6) is 0 Å². The Hall–Kier alpha value is -1.15. The van der Waals surface area contributed by atoms with E-state index in [9.17, 15) is 0 Å². The van der Waals surface area contributed by atoms with Gasteiger partial charge in [0.15, 0.2) is 0 Å². The van der Waals surface area contributed by atoms with Crippen molar-refractivity contribution in [2.24, 2.45) is 0 Å². The highest BCUT2D eigenvalue weighted by Gasteiger charge is 1.90. The Morgan fingerprint density at radius 1 is 1.23 bits per heavy atom. The highest BCUT2D eigenvalue weighted by atomic mass is 32.1. The van der Waals surface area contributed by atoms with Gasteiger partial charge in [-0.3, -0.25) is 0 Å². The standard InChI is InChI=1S/C11H13NS/c1-9(8-10(2)13)12-11-6-4-3-5-7-11/h3-8,12H,1-2H3/b9-8+. The number of allylic oxidation sites excluding steroid dienone is 2. The second-order valence-electron chi connectivity index (χ2n) is 2.93. The molecule has 1 N–H and O–H groups in total. The van der Waals surface area contributed by atoms with Crippen LogP contribution in [0.15, 0.2) is 42.1 Å². The molecule has 0 aromatic heterocycles. The van der Waals surface area contributed by atoms with E-state index in [0.29, 0.717) is 0 Å². The Bertz CT molecular complexity index is 314. The summed E-state index contributed by atoms with van der Waals surface area (Å²) in [7, 11) is 0. The first-order valence-electron chi connectivity index (χ1n) is 4.19. The van der Waals surface area contributed by atoms with Crippen molar-refractivity contribution in [1.82, 2.24) is 0 Å². The van der Waals surface area contributed by atoms with Crippen molar-refractivity contribution in [1.29, 1.82) is 0 Å². The number of thiocarbonyl (C=S) groups is 1. The van der Waals surface area contributed by atoms with Gasteiger partial charge in [-0.15, -0.1) is 0 Å². The molecule has 0 amide bonds. The van der Waals surface area contributed by atoms with Crippen LogP contribution in [-0.4, -0.2) is 4.86 Å². The summed E-state index contributed by atoms with van der Waals surface area (Å²) in [6.07, 6.45) is 1.95. The maximum absolute atomic E-state index is 4.97. The van der Waals surface area contributed by atoms with E-state index in [1.165, 1.54) is 0 Å². The Morgan fingerprint density at radius 3 is 2.38 bits per heavy atom. The third-order valence-corrected chi connectivity index (χ3v) is 1.65. The van der Waals surface area contributed by atoms with Crippen LogP contribution in [0.1, 0.15) is 13.8 Å². The van der Waals surface area contributed by atoms with Crippen molar-refractivity contribution in [2.45, 2.75) is 13.8 Å². The number of anilines is 1. The normalized spacial score (nSPS) is 11.1. The molecule has 0 saturated heterocycles. The Morgan fingerprint density at radius 2 is 1.85 bits per heavy atom. The first-order chi connectivity index (χ1) is 6.18. The summed E-state index contributed by atoms with van der Waals surface area (Å²) in [6, 6.07) is 10.0. The molecule has 0 saturated carbocycles. The van der Waals surface area contributed by atoms with Crippen LogP contribution < -0.4 is 5.32 Å². The highest BCUT2D eigenvalue weighted by Crippen LogP contribution is 2.08. The number of hydrogen-bond donors (Lipinski definition) is 1. The summed E-state index contributed by atoms with van der Waals surface area (Å²) in [5.74, 6) is 0. The zero-order valence-electron chi connectivity index (χ0n) is 7.87. The van der Waals surface area contributed by atoms with Gasteiger partial charge in [0.25, 0.3) is 0 Å². The molecule has 0 fully saturated rings. The van der Waals surface area contributed by atoms with E-state index < -0.39 is 0 Å². The van der Waals surface area contributed by atoms with Crippen LogP contribution in [0.25, 0.3) is 0 Å². The molecule has 0 bridgehead atoms. The molecule has 1 nitrogen and oxygen atoms in total. The van der Waals surface area contributed by atoms with Gasteiger partial charge >= 0.3 is 0 Å². The number of hydrogen-bond acceptors (Lipinski definition) is 2. The zero-order valence-corrected chi connectivity index (χ0v) is 8.69. The highest BCUT2D eigenvalue weighted by molar-refractivity contribution is 7.80. The molecule has 1 rings (SSSR count). The van der Waals surface area contributed by atoms with E-state index in [0.717, 1.165) is 16.2 Å². The lowest BCUT2D eigenvalue weighted by Crippen LogP contribution is -1.96. The van der Waals surface area contributed by atoms with Crippen molar-refractivity contribution in [3.05, 3.63) is 42.1 Å². The molecule has 2 heteroatoms. The monoisotopic (exact) mass is 191 g/mol. The second kappa shape index (κ2) is 4.77. The summed E-state index contributed by atoms with van der Waals surface area (Å²) in [4.78, 5) is 0.890. The first kappa shape index (κ1) is 9.93. The third kappa shape index (κ3) is 3.85. The topological polar surface area (TPSA) is 12.0 Å². The molecule has 13 heavy (non-hydrogen) atoms. The van der Waals surface area contributed by atoms with Gasteiger partial charge in [-0.25, -0.2) is 0 Å². The summed E-state index contributed by atoms with van der Waals surface area (Å²) in [5.41, 5.74) is 2.16. The Balaban J connectivity index is 2.65. The van der Waals surface area contributed by atoms with Gasteiger partial charge in [0, 0.05) is 16.2 Å². The van der Waals surface area contributed by atoms with Gasteiger partial charge < -0.3 is 5.32 Å². The molecule has 0 aliphatic heterocycles. The average molecular weight is 191 g/mol. The van der Waals surface area contributed by atoms with Crippen molar-refractivity contribution in [2.75, 3.05) is 5.32 Å². The quantitative estimate of drug-likeness (QED) is 0.580. The van der Waals surface area contributed by atoms with E-state index in [-0.39, 0.29) is 0 Å². The Labute approximate surface area is 84.5 Å². The van der Waals surface area contributed by atoms with E-state index in [4.69, 9.17) is 12.2 Å². The lowest BCUT2D eigenvalue weighted by atomic mass is 10.3. The molecular weight excluding hydrogens is 178 g/mol. The van der Waals surface area contributed by atoms with Gasteiger partial charge in [-0.2, -0.15) is 0 Å². The predicted molar refractivity (Wildman–Crippen MR) is 62.1 cm³/mol. The predicted octanol–water partition coefficient (Wildman–Crippen LogP) is 3.39. The molecule has 0 unspecified atom stereocenters. The number of rotatable bonds is 3. The lowest BCUT2D eigenvalue weighted by molar-refractivity contribution is 1.38. The number of nitrogens with one attached hydrogen (secondary N) is 1. The van der Waals surface area contributed by atoms with E-state index in [2.05, 4.69) is 5.32 Å². The van der Waals surface area contributed by atoms with E-state index >= 15 is 0 Å². The fraction of sp³-hybridized carbons (Fsp3) is 0.182. The summed E-state index contributed by atoms with van der Waals surface area (Å²) in [6.45, 7) is 3.91. The minimum absolute atomic E-state index is 0.890. The molecule has 0 radical (unpaired) electrons. The van der Waals surface area contributed by atoms with Gasteiger partial charge in [0.2, 0.25) is 0 Å². The van der Waals surface area contributed by atoms with Crippen molar-refractivity contribution < 1.29 is 0 Å². The number of para-hydroxylation sites is 1. The van der Waals surface area contributed by atoms with Crippen LogP contribution in [-0.2, 0) is 0 Å². The minimum Gasteiger partial charge on any atom is -0.359 e. The second-order valence-corrected chi connectivity index (χ2v) is 3.57.